The Bertz CT molecular complexity index is 1240. The number of thiazole rings is 1. The Morgan fingerprint density at radius 1 is 1.00 bits per heavy atom. The van der Waals surface area contributed by atoms with Gasteiger partial charge in [-0.05, 0) is 42.0 Å². The van der Waals surface area contributed by atoms with Crippen molar-refractivity contribution in [3.63, 3.8) is 0 Å². The Labute approximate surface area is 169 Å². The monoisotopic (exact) mass is 406 g/mol. The maximum Gasteiger partial charge on any atom is 0.255 e. The van der Waals surface area contributed by atoms with Gasteiger partial charge in [0.15, 0.2) is 5.13 Å². The first-order valence-electron chi connectivity index (χ1n) is 8.68. The summed E-state index contributed by atoms with van der Waals surface area (Å²) < 4.78 is 14.2. The average molecular weight is 406 g/mol. The summed E-state index contributed by atoms with van der Waals surface area (Å²) in [7, 11) is 0. The lowest BCUT2D eigenvalue weighted by Gasteiger charge is -2.07. The van der Waals surface area contributed by atoms with E-state index in [4.69, 9.17) is 0 Å². The third-order valence-electron chi connectivity index (χ3n) is 4.09. The van der Waals surface area contributed by atoms with Crippen molar-refractivity contribution in [3.05, 3.63) is 72.3 Å². The number of hydrogen-bond acceptors (Lipinski definition) is 5. The molecule has 0 aliphatic heterocycles. The van der Waals surface area contributed by atoms with Crippen LogP contribution in [0.15, 0.2) is 60.9 Å². The summed E-state index contributed by atoms with van der Waals surface area (Å²) in [5.41, 5.74) is 3.21. The molecule has 8 heteroatoms. The van der Waals surface area contributed by atoms with E-state index in [1.807, 2.05) is 18.2 Å². The van der Waals surface area contributed by atoms with E-state index in [0.717, 1.165) is 21.3 Å². The normalized spacial score (nSPS) is 10.7. The van der Waals surface area contributed by atoms with E-state index >= 15 is 0 Å². The molecule has 0 aliphatic rings. The Morgan fingerprint density at radius 3 is 2.66 bits per heavy atom. The molecule has 0 saturated heterocycles. The van der Waals surface area contributed by atoms with Crippen molar-refractivity contribution < 1.29 is 14.0 Å². The molecule has 4 aromatic rings. The number of halogens is 1. The topological polar surface area (TPSA) is 84.0 Å². The van der Waals surface area contributed by atoms with Gasteiger partial charge in [0.1, 0.15) is 5.82 Å². The van der Waals surface area contributed by atoms with Crippen LogP contribution in [0, 0.1) is 5.82 Å². The number of carbonyl (C=O) groups excluding carboxylic acids is 2. The van der Waals surface area contributed by atoms with Gasteiger partial charge in [-0.3, -0.25) is 14.6 Å². The number of aromatic nitrogens is 2. The highest BCUT2D eigenvalue weighted by Gasteiger charge is 2.10. The van der Waals surface area contributed by atoms with Crippen LogP contribution in [-0.2, 0) is 4.79 Å². The molecule has 2 aromatic carbocycles. The lowest BCUT2D eigenvalue weighted by Crippen LogP contribution is -2.12. The summed E-state index contributed by atoms with van der Waals surface area (Å²) in [6.45, 7) is 1.44. The van der Waals surface area contributed by atoms with Crippen LogP contribution in [0.1, 0.15) is 17.3 Å². The molecule has 144 valence electrons. The third kappa shape index (κ3) is 4.27. The largest absolute Gasteiger partial charge is 0.321 e. The van der Waals surface area contributed by atoms with Crippen LogP contribution < -0.4 is 10.6 Å². The molecule has 0 spiro atoms. The Balaban J connectivity index is 1.59. The van der Waals surface area contributed by atoms with E-state index in [1.165, 1.54) is 42.7 Å². The van der Waals surface area contributed by atoms with Crippen LogP contribution in [-0.4, -0.2) is 21.8 Å². The fourth-order valence-corrected chi connectivity index (χ4v) is 3.76. The highest BCUT2D eigenvalue weighted by Crippen LogP contribution is 2.31. The summed E-state index contributed by atoms with van der Waals surface area (Å²) in [5.74, 6) is -1.06. The predicted octanol–water partition coefficient (Wildman–Crippen LogP) is 4.71. The van der Waals surface area contributed by atoms with Gasteiger partial charge in [-0.15, -0.1) is 0 Å². The predicted molar refractivity (Wildman–Crippen MR) is 112 cm³/mol. The van der Waals surface area contributed by atoms with E-state index in [1.54, 1.807) is 18.3 Å². The Kier molecular flexibility index (Phi) is 5.01. The molecular formula is C21H15FN4O2S. The van der Waals surface area contributed by atoms with Crippen molar-refractivity contribution in [2.24, 2.45) is 0 Å². The summed E-state index contributed by atoms with van der Waals surface area (Å²) in [4.78, 5) is 32.1. The number of anilines is 2. The maximum atomic E-state index is 13.3. The van der Waals surface area contributed by atoms with E-state index in [-0.39, 0.29) is 11.5 Å². The highest BCUT2D eigenvalue weighted by atomic mass is 32.1. The van der Waals surface area contributed by atoms with Crippen LogP contribution in [0.2, 0.25) is 0 Å². The number of fused-ring (bicyclic) bond motifs is 1. The Morgan fingerprint density at radius 2 is 1.86 bits per heavy atom. The molecule has 4 rings (SSSR count). The summed E-state index contributed by atoms with van der Waals surface area (Å²) in [6.07, 6.45) is 3.22. The molecule has 0 saturated carbocycles. The zero-order valence-electron chi connectivity index (χ0n) is 15.3. The highest BCUT2D eigenvalue weighted by molar-refractivity contribution is 7.22. The lowest BCUT2D eigenvalue weighted by molar-refractivity contribution is -0.114. The number of benzene rings is 2. The quantitative estimate of drug-likeness (QED) is 0.514. The second kappa shape index (κ2) is 7.76. The number of amides is 2. The van der Waals surface area contributed by atoms with Crippen molar-refractivity contribution in [1.82, 2.24) is 9.97 Å². The van der Waals surface area contributed by atoms with Gasteiger partial charge in [-0.2, -0.15) is 0 Å². The fourth-order valence-electron chi connectivity index (χ4n) is 2.81. The summed E-state index contributed by atoms with van der Waals surface area (Å²) in [5, 5.41) is 5.96. The van der Waals surface area contributed by atoms with Crippen molar-refractivity contribution in [1.29, 1.82) is 0 Å². The van der Waals surface area contributed by atoms with Crippen LogP contribution in [0.3, 0.4) is 0 Å². The molecule has 0 atom stereocenters. The number of nitrogens with zero attached hydrogens (tertiary/aromatic N) is 2. The number of pyridine rings is 1. The van der Waals surface area contributed by atoms with Crippen molar-refractivity contribution >= 4 is 44.2 Å². The molecule has 0 unspecified atom stereocenters. The molecule has 0 radical (unpaired) electrons. The first-order chi connectivity index (χ1) is 14.0. The minimum atomic E-state index is -0.471. The van der Waals surface area contributed by atoms with Gasteiger partial charge in [-0.25, -0.2) is 9.37 Å². The molecule has 6 nitrogen and oxygen atoms in total. The number of rotatable bonds is 4. The molecule has 0 fully saturated rings. The van der Waals surface area contributed by atoms with Crippen LogP contribution >= 0.6 is 11.3 Å². The molecule has 0 bridgehead atoms. The first-order valence-corrected chi connectivity index (χ1v) is 9.50. The summed E-state index contributed by atoms with van der Waals surface area (Å²) in [6, 6.07) is 13.0. The van der Waals surface area contributed by atoms with Gasteiger partial charge < -0.3 is 10.6 Å². The average Bonchev–Trinajstić information content (AvgIpc) is 3.08. The zero-order chi connectivity index (χ0) is 20.4. The Hall–Kier alpha value is -3.65. The van der Waals surface area contributed by atoms with Crippen LogP contribution in [0.5, 0.6) is 0 Å². The number of carbonyl (C=O) groups is 2. The van der Waals surface area contributed by atoms with Gasteiger partial charge in [0, 0.05) is 24.2 Å². The van der Waals surface area contributed by atoms with Crippen LogP contribution in [0.25, 0.3) is 21.3 Å². The summed E-state index contributed by atoms with van der Waals surface area (Å²) >= 11 is 1.38. The molecule has 2 aromatic heterocycles. The second-order valence-corrected chi connectivity index (χ2v) is 7.34. The zero-order valence-corrected chi connectivity index (χ0v) is 16.1. The van der Waals surface area contributed by atoms with Crippen LogP contribution in [0.4, 0.5) is 15.2 Å². The lowest BCUT2D eigenvalue weighted by atomic mass is 10.1. The maximum absolute atomic E-state index is 13.3. The minimum absolute atomic E-state index is 0.171. The SMILES string of the molecule is CC(=O)Nc1nc2ccc(-c3cncc(NC(=O)c4cccc(F)c4)c3)cc2s1. The first kappa shape index (κ1) is 18.7. The van der Waals surface area contributed by atoms with E-state index < -0.39 is 11.7 Å². The van der Waals surface area contributed by atoms with Crippen molar-refractivity contribution in [3.8, 4) is 11.1 Å². The van der Waals surface area contributed by atoms with E-state index in [2.05, 4.69) is 20.6 Å². The molecule has 2 amide bonds. The molecular weight excluding hydrogens is 391 g/mol. The molecule has 2 heterocycles. The van der Waals surface area contributed by atoms with Crippen molar-refractivity contribution in [2.45, 2.75) is 6.92 Å². The third-order valence-corrected chi connectivity index (χ3v) is 5.02. The van der Waals surface area contributed by atoms with Gasteiger partial charge in [-0.1, -0.05) is 23.5 Å². The van der Waals surface area contributed by atoms with Gasteiger partial charge in [0.2, 0.25) is 5.91 Å². The fraction of sp³-hybridized carbons (Fsp3) is 0.0476. The molecule has 2 N–H and O–H groups in total. The second-order valence-electron chi connectivity index (χ2n) is 6.31. The standard InChI is InChI=1S/C21H15FN4O2S/c1-12(27)24-21-26-18-6-5-13(9-19(18)29-21)15-8-17(11-23-10-15)25-20(28)14-3-2-4-16(22)7-14/h2-11H,1H3,(H,25,28)(H,24,26,27). The number of nitrogens with one attached hydrogen (secondary N) is 2. The smallest absolute Gasteiger partial charge is 0.255 e. The minimum Gasteiger partial charge on any atom is -0.321 e. The molecule has 29 heavy (non-hydrogen) atoms. The van der Waals surface area contributed by atoms with Gasteiger partial charge >= 0.3 is 0 Å². The van der Waals surface area contributed by atoms with Gasteiger partial charge in [0.05, 0.1) is 22.1 Å². The van der Waals surface area contributed by atoms with E-state index in [9.17, 15) is 14.0 Å². The van der Waals surface area contributed by atoms with Crippen molar-refractivity contribution in [2.75, 3.05) is 10.6 Å². The number of hydrogen-bond donors (Lipinski definition) is 2. The van der Waals surface area contributed by atoms with E-state index in [0.29, 0.717) is 10.8 Å². The van der Waals surface area contributed by atoms with Gasteiger partial charge in [0.25, 0.3) is 5.91 Å². The molecule has 0 aliphatic carbocycles.